The zero-order chi connectivity index (χ0) is 20.9. The van der Waals surface area contributed by atoms with Gasteiger partial charge in [0.15, 0.2) is 15.8 Å². The lowest BCUT2D eigenvalue weighted by Crippen LogP contribution is -2.50. The third kappa shape index (κ3) is 6.06. The normalized spacial score (nSPS) is 21.9. The molecule has 1 atom stereocenters. The number of benzene rings is 1. The summed E-state index contributed by atoms with van der Waals surface area (Å²) in [6.45, 7) is 3.11. The number of aliphatic imine (C=N–C) groups is 1. The van der Waals surface area contributed by atoms with Crippen LogP contribution in [0.1, 0.15) is 12.8 Å². The van der Waals surface area contributed by atoms with Crippen molar-refractivity contribution in [1.29, 1.82) is 0 Å². The van der Waals surface area contributed by atoms with E-state index in [1.54, 1.807) is 19.2 Å². The van der Waals surface area contributed by atoms with Gasteiger partial charge in [-0.05, 0) is 30.7 Å². The minimum absolute atomic E-state index is 0.0650. The molecule has 2 heterocycles. The topological polar surface area (TPSA) is 94.1 Å². The number of hydrogen-bond acceptors (Lipinski definition) is 5. The number of piperazine rings is 1. The fourth-order valence-electron chi connectivity index (χ4n) is 3.61. The van der Waals surface area contributed by atoms with Gasteiger partial charge >= 0.3 is 0 Å². The first-order valence-electron chi connectivity index (χ1n) is 9.82. The molecule has 0 aromatic heterocycles. The van der Waals surface area contributed by atoms with E-state index in [-0.39, 0.29) is 29.3 Å². The summed E-state index contributed by atoms with van der Waals surface area (Å²) in [5.41, 5.74) is 0.962. The van der Waals surface area contributed by atoms with Crippen molar-refractivity contribution in [2.75, 3.05) is 56.2 Å². The molecular weight excluding hydrogens is 397 g/mol. The second-order valence-electron chi connectivity index (χ2n) is 7.34. The molecule has 29 heavy (non-hydrogen) atoms. The van der Waals surface area contributed by atoms with Crippen LogP contribution in [0.15, 0.2) is 29.3 Å². The molecule has 2 aliphatic rings. The van der Waals surface area contributed by atoms with Gasteiger partial charge in [0, 0.05) is 57.9 Å². The maximum absolute atomic E-state index is 13.1. The fraction of sp³-hybridized carbons (Fsp3) is 0.579. The molecule has 0 spiro atoms. The van der Waals surface area contributed by atoms with Crippen LogP contribution in [-0.4, -0.2) is 82.5 Å². The molecule has 0 radical (unpaired) electrons. The van der Waals surface area contributed by atoms with Crippen molar-refractivity contribution < 1.29 is 17.6 Å². The molecule has 1 amide bonds. The van der Waals surface area contributed by atoms with Crippen LogP contribution in [0.25, 0.3) is 0 Å². The first-order valence-corrected chi connectivity index (χ1v) is 11.6. The van der Waals surface area contributed by atoms with E-state index in [1.807, 2.05) is 4.90 Å². The van der Waals surface area contributed by atoms with Crippen LogP contribution in [0.2, 0.25) is 0 Å². The van der Waals surface area contributed by atoms with Crippen molar-refractivity contribution >= 4 is 27.4 Å². The number of anilines is 1. The maximum atomic E-state index is 13.1. The molecule has 0 bridgehead atoms. The van der Waals surface area contributed by atoms with E-state index < -0.39 is 9.84 Å². The highest BCUT2D eigenvalue weighted by Crippen LogP contribution is 2.17. The van der Waals surface area contributed by atoms with Gasteiger partial charge < -0.3 is 20.4 Å². The Morgan fingerprint density at radius 2 is 1.90 bits per heavy atom. The van der Waals surface area contributed by atoms with Gasteiger partial charge in [0.25, 0.3) is 0 Å². The molecule has 0 aliphatic carbocycles. The number of guanidine groups is 1. The van der Waals surface area contributed by atoms with Crippen molar-refractivity contribution in [2.24, 2.45) is 4.99 Å². The van der Waals surface area contributed by atoms with Crippen LogP contribution in [0.4, 0.5) is 10.1 Å². The van der Waals surface area contributed by atoms with Crippen LogP contribution in [0.5, 0.6) is 0 Å². The summed E-state index contributed by atoms with van der Waals surface area (Å²) in [5, 5.41) is 6.19. The SMILES string of the molecule is CN=C(NCCC(=O)N1CCN(c2ccc(F)cc2)CC1)NC1CCS(=O)(=O)C1. The molecule has 1 aromatic rings. The summed E-state index contributed by atoms with van der Waals surface area (Å²) in [7, 11) is -1.33. The lowest BCUT2D eigenvalue weighted by atomic mass is 10.2. The quantitative estimate of drug-likeness (QED) is 0.518. The molecule has 3 rings (SSSR count). The standard InChI is InChI=1S/C19H28FN5O3S/c1-21-19(23-16-7-13-29(27,28)14-16)22-8-6-18(26)25-11-9-24(10-12-25)17-4-2-15(20)3-5-17/h2-5,16H,6-14H2,1H3,(H2,21,22,23). The van der Waals surface area contributed by atoms with Crippen LogP contribution in [-0.2, 0) is 14.6 Å². The average molecular weight is 426 g/mol. The van der Waals surface area contributed by atoms with E-state index in [0.717, 1.165) is 5.69 Å². The molecule has 8 nitrogen and oxygen atoms in total. The molecule has 0 saturated carbocycles. The first-order chi connectivity index (χ1) is 13.9. The first kappa shape index (κ1) is 21.4. The zero-order valence-corrected chi connectivity index (χ0v) is 17.4. The predicted octanol–water partition coefficient (Wildman–Crippen LogP) is 0.217. The molecule has 2 fully saturated rings. The number of sulfone groups is 1. The Kier molecular flexibility index (Phi) is 6.94. The lowest BCUT2D eigenvalue weighted by Gasteiger charge is -2.36. The molecule has 2 saturated heterocycles. The van der Waals surface area contributed by atoms with E-state index >= 15 is 0 Å². The third-order valence-electron chi connectivity index (χ3n) is 5.25. The highest BCUT2D eigenvalue weighted by molar-refractivity contribution is 7.91. The van der Waals surface area contributed by atoms with Crippen molar-refractivity contribution in [3.8, 4) is 0 Å². The summed E-state index contributed by atoms with van der Waals surface area (Å²) in [6, 6.07) is 6.26. The summed E-state index contributed by atoms with van der Waals surface area (Å²) in [6.07, 6.45) is 0.903. The van der Waals surface area contributed by atoms with Gasteiger partial charge in [-0.3, -0.25) is 9.79 Å². The van der Waals surface area contributed by atoms with E-state index in [0.29, 0.717) is 51.5 Å². The Hall–Kier alpha value is -2.36. The van der Waals surface area contributed by atoms with Gasteiger partial charge in [0.2, 0.25) is 5.91 Å². The maximum Gasteiger partial charge on any atom is 0.224 e. The number of hydrogen-bond donors (Lipinski definition) is 2. The van der Waals surface area contributed by atoms with Gasteiger partial charge in [-0.15, -0.1) is 0 Å². The van der Waals surface area contributed by atoms with Crippen LogP contribution in [0.3, 0.4) is 0 Å². The fourth-order valence-corrected chi connectivity index (χ4v) is 5.28. The van der Waals surface area contributed by atoms with Crippen molar-refractivity contribution in [3.63, 3.8) is 0 Å². The van der Waals surface area contributed by atoms with Gasteiger partial charge in [-0.1, -0.05) is 0 Å². The Balaban J connectivity index is 1.38. The summed E-state index contributed by atoms with van der Waals surface area (Å²) < 4.78 is 36.1. The predicted molar refractivity (Wildman–Crippen MR) is 111 cm³/mol. The molecule has 1 unspecified atom stereocenters. The minimum atomic E-state index is -2.95. The van der Waals surface area contributed by atoms with Crippen molar-refractivity contribution in [1.82, 2.24) is 15.5 Å². The Bertz CT molecular complexity index is 836. The van der Waals surface area contributed by atoms with Crippen LogP contribution < -0.4 is 15.5 Å². The molecule has 1 aromatic carbocycles. The van der Waals surface area contributed by atoms with E-state index in [1.165, 1.54) is 12.1 Å². The molecular formula is C19H28FN5O3S. The monoisotopic (exact) mass is 425 g/mol. The van der Waals surface area contributed by atoms with Gasteiger partial charge in [-0.25, -0.2) is 12.8 Å². The number of rotatable bonds is 5. The van der Waals surface area contributed by atoms with Gasteiger partial charge in [0.05, 0.1) is 11.5 Å². The minimum Gasteiger partial charge on any atom is -0.368 e. The average Bonchev–Trinajstić information content (AvgIpc) is 3.06. The van der Waals surface area contributed by atoms with E-state index in [9.17, 15) is 17.6 Å². The second-order valence-corrected chi connectivity index (χ2v) is 9.57. The van der Waals surface area contributed by atoms with Gasteiger partial charge in [-0.2, -0.15) is 0 Å². The summed E-state index contributed by atoms with van der Waals surface area (Å²) in [5.74, 6) is 0.639. The number of amides is 1. The van der Waals surface area contributed by atoms with Crippen LogP contribution in [0, 0.1) is 5.82 Å². The van der Waals surface area contributed by atoms with Crippen molar-refractivity contribution in [3.05, 3.63) is 30.1 Å². The molecule has 160 valence electrons. The summed E-state index contributed by atoms with van der Waals surface area (Å²) >= 11 is 0. The summed E-state index contributed by atoms with van der Waals surface area (Å²) in [4.78, 5) is 20.5. The van der Waals surface area contributed by atoms with E-state index in [2.05, 4.69) is 20.5 Å². The van der Waals surface area contributed by atoms with Gasteiger partial charge in [0.1, 0.15) is 5.82 Å². The third-order valence-corrected chi connectivity index (χ3v) is 7.02. The highest BCUT2D eigenvalue weighted by atomic mass is 32.2. The largest absolute Gasteiger partial charge is 0.368 e. The zero-order valence-electron chi connectivity index (χ0n) is 16.6. The number of nitrogens with one attached hydrogen (secondary N) is 2. The number of carbonyl (C=O) groups excluding carboxylic acids is 1. The Morgan fingerprint density at radius 1 is 1.21 bits per heavy atom. The molecule has 2 N–H and O–H groups in total. The molecule has 10 heteroatoms. The highest BCUT2D eigenvalue weighted by Gasteiger charge is 2.28. The van der Waals surface area contributed by atoms with Crippen LogP contribution >= 0.6 is 0 Å². The lowest BCUT2D eigenvalue weighted by molar-refractivity contribution is -0.131. The Labute approximate surface area is 171 Å². The molecule has 2 aliphatic heterocycles. The number of carbonyl (C=O) groups is 1. The Morgan fingerprint density at radius 3 is 2.48 bits per heavy atom. The van der Waals surface area contributed by atoms with Crippen molar-refractivity contribution in [2.45, 2.75) is 18.9 Å². The van der Waals surface area contributed by atoms with E-state index in [4.69, 9.17) is 0 Å². The number of halogens is 1. The smallest absolute Gasteiger partial charge is 0.224 e. The second kappa shape index (κ2) is 9.43. The number of nitrogens with zero attached hydrogens (tertiary/aromatic N) is 3.